The van der Waals surface area contributed by atoms with Crippen molar-refractivity contribution in [3.8, 4) is 17.2 Å². The van der Waals surface area contributed by atoms with Gasteiger partial charge in [-0.25, -0.2) is 9.59 Å². The third kappa shape index (κ3) is 20.2. The van der Waals surface area contributed by atoms with Gasteiger partial charge in [-0.2, -0.15) is 0 Å². The van der Waals surface area contributed by atoms with Crippen LogP contribution in [0.25, 0.3) is 0 Å². The zero-order chi connectivity index (χ0) is 66.4. The van der Waals surface area contributed by atoms with E-state index in [0.29, 0.717) is 31.8 Å². The number of amides is 4. The molecule has 3 aromatic carbocycles. The maximum atomic E-state index is 13.2. The van der Waals surface area contributed by atoms with E-state index in [2.05, 4.69) is 43.0 Å². The SMILES string of the molecule is CC(C)(C)OC(=O)N1C[C@@H](C(=O)O)[C@H](c2ccccc2)C1.Cc1ccc(OC2CC(N)C2)cn1.Cc1ccc(OC2CC(NC(=O)[C@@H]3CN(C(=O)OC(C)(C)C)C[C@H]3c3ccccc3)C2)cn1.Cc1ccc(OC2CC(NC(=O)[C@@H]3CNC[C@H]3c3ccccc3)C2)cn1. The van der Waals surface area contributed by atoms with Crippen molar-refractivity contribution in [2.45, 2.75) is 166 Å². The topological polar surface area (TPSA) is 259 Å². The molecule has 6 aromatic rings. The molecule has 0 unspecified atom stereocenters. The summed E-state index contributed by atoms with van der Waals surface area (Å²) in [7, 11) is 0. The molecular formula is C73H93N9O11. The molecule has 6 aliphatic rings. The summed E-state index contributed by atoms with van der Waals surface area (Å²) in [6.07, 6.45) is 10.1. The number of rotatable bonds is 14. The summed E-state index contributed by atoms with van der Waals surface area (Å²) in [6.45, 7) is 19.8. The average molecular weight is 1270 g/mol. The first kappa shape index (κ1) is 68.7. The van der Waals surface area contributed by atoms with Gasteiger partial charge in [0.25, 0.3) is 0 Å². The molecule has 6 fully saturated rings. The number of carboxylic acid groups (broad SMARTS) is 1. The lowest BCUT2D eigenvalue weighted by Gasteiger charge is -2.36. The van der Waals surface area contributed by atoms with Gasteiger partial charge in [-0.3, -0.25) is 29.3 Å². The number of hydrogen-bond donors (Lipinski definition) is 5. The average Bonchev–Trinajstić information content (AvgIpc) is 1.93. The van der Waals surface area contributed by atoms with E-state index in [1.807, 2.05) is 157 Å². The molecule has 6 N–H and O–H groups in total. The zero-order valence-corrected chi connectivity index (χ0v) is 55.1. The number of aliphatic carboxylic acids is 1. The van der Waals surface area contributed by atoms with Crippen molar-refractivity contribution >= 4 is 30.0 Å². The van der Waals surface area contributed by atoms with Gasteiger partial charge in [0.15, 0.2) is 0 Å². The van der Waals surface area contributed by atoms with E-state index in [-0.39, 0.29) is 78.3 Å². The van der Waals surface area contributed by atoms with Crippen LogP contribution in [0.3, 0.4) is 0 Å². The van der Waals surface area contributed by atoms with Crippen LogP contribution in [0.5, 0.6) is 17.2 Å². The minimum absolute atomic E-state index is 0.00123. The van der Waals surface area contributed by atoms with Crippen LogP contribution in [0, 0.1) is 38.5 Å². The van der Waals surface area contributed by atoms with Gasteiger partial charge in [-0.05, 0) is 128 Å². The monoisotopic (exact) mass is 1270 g/mol. The summed E-state index contributed by atoms with van der Waals surface area (Å²) in [5, 5.41) is 19.1. The predicted molar refractivity (Wildman–Crippen MR) is 354 cm³/mol. The number of ether oxygens (including phenoxy) is 5. The molecule has 3 aliphatic heterocycles. The lowest BCUT2D eigenvalue weighted by atomic mass is 9.85. The summed E-state index contributed by atoms with van der Waals surface area (Å²) < 4.78 is 28.4. The van der Waals surface area contributed by atoms with Crippen LogP contribution in [-0.2, 0) is 23.9 Å². The molecule has 496 valence electrons. The molecule has 3 saturated carbocycles. The molecule has 20 nitrogen and oxygen atoms in total. The Bertz CT molecular complexity index is 3370. The fraction of sp³-hybridized carbons (Fsp3) is 0.479. The van der Waals surface area contributed by atoms with Crippen molar-refractivity contribution in [1.82, 2.24) is 40.7 Å². The number of benzene rings is 3. The van der Waals surface area contributed by atoms with E-state index in [0.717, 1.165) is 97.1 Å². The minimum atomic E-state index is -0.880. The molecule has 20 heteroatoms. The van der Waals surface area contributed by atoms with Gasteiger partial charge in [0, 0.05) is 118 Å². The number of nitrogens with zero attached hydrogens (tertiary/aromatic N) is 5. The molecule has 0 spiro atoms. The molecule has 4 amide bonds. The number of likely N-dealkylation sites (tertiary alicyclic amines) is 2. The number of carboxylic acids is 1. The highest BCUT2D eigenvalue weighted by atomic mass is 16.6. The van der Waals surface area contributed by atoms with Crippen LogP contribution in [0.4, 0.5) is 9.59 Å². The minimum Gasteiger partial charge on any atom is -0.489 e. The highest BCUT2D eigenvalue weighted by Gasteiger charge is 2.45. The molecule has 0 bridgehead atoms. The first-order chi connectivity index (χ1) is 44.4. The summed E-state index contributed by atoms with van der Waals surface area (Å²) in [6, 6.07) is 42.0. The first-order valence-electron chi connectivity index (χ1n) is 32.6. The Morgan fingerprint density at radius 2 is 0.828 bits per heavy atom. The second-order valence-corrected chi connectivity index (χ2v) is 27.3. The van der Waals surface area contributed by atoms with Gasteiger partial charge in [0.05, 0.1) is 36.3 Å². The smallest absolute Gasteiger partial charge is 0.410 e. The van der Waals surface area contributed by atoms with Gasteiger partial charge < -0.3 is 60.3 Å². The van der Waals surface area contributed by atoms with Crippen LogP contribution in [0.1, 0.15) is 132 Å². The molecule has 6 heterocycles. The molecular weight excluding hydrogens is 1180 g/mol. The summed E-state index contributed by atoms with van der Waals surface area (Å²) in [5.41, 5.74) is 10.7. The molecule has 6 atom stereocenters. The van der Waals surface area contributed by atoms with Crippen molar-refractivity contribution < 1.29 is 52.8 Å². The van der Waals surface area contributed by atoms with Crippen molar-refractivity contribution in [1.29, 1.82) is 0 Å². The molecule has 3 aromatic heterocycles. The Hall–Kier alpha value is -8.62. The standard InChI is InChI=1S/C26H33N3O4.C21H25N3O2.C16H21NO4.C10H14N2O/c1-17-10-11-20(14-27-17)32-21-12-19(13-21)28-24(30)23-16-29(25(31)33-26(2,3)4)15-22(23)18-8-6-5-7-9-18;1-14-7-8-17(11-23-14)26-18-9-16(10-18)24-21(25)20-13-22-12-19(20)15-5-3-2-4-6-15;1-16(2,3)21-15(20)17-9-12(13(10-17)14(18)19)11-7-5-4-6-8-11;1-7-2-3-9(6-12-7)13-10-4-8(11)5-10/h5-11,14,19,21-23H,12-13,15-16H2,1-4H3,(H,28,30);2-8,11,16,18-20,22H,9-10,12-13H2,1H3,(H,24,25);4-8,12-13H,9-10H2,1-3H3,(H,18,19);2-3,6,8,10H,4-5,11H2,1H3/t19?,21?,22-,23+;16?,18?,19-,20+;12-,13+;/m000./s1. The van der Waals surface area contributed by atoms with Gasteiger partial charge in [-0.1, -0.05) is 91.0 Å². The van der Waals surface area contributed by atoms with E-state index in [4.69, 9.17) is 29.4 Å². The van der Waals surface area contributed by atoms with Gasteiger partial charge in [-0.15, -0.1) is 0 Å². The van der Waals surface area contributed by atoms with E-state index in [9.17, 15) is 29.1 Å². The highest BCUT2D eigenvalue weighted by molar-refractivity contribution is 5.83. The summed E-state index contributed by atoms with van der Waals surface area (Å²) in [4.78, 5) is 78.0. The maximum Gasteiger partial charge on any atom is 0.410 e. The lowest BCUT2D eigenvalue weighted by Crippen LogP contribution is -2.51. The Morgan fingerprint density at radius 1 is 0.473 bits per heavy atom. The van der Waals surface area contributed by atoms with E-state index >= 15 is 0 Å². The van der Waals surface area contributed by atoms with Crippen molar-refractivity contribution in [3.05, 3.63) is 180 Å². The molecule has 3 aliphatic carbocycles. The van der Waals surface area contributed by atoms with Crippen LogP contribution in [0.2, 0.25) is 0 Å². The molecule has 3 saturated heterocycles. The van der Waals surface area contributed by atoms with Gasteiger partial charge >= 0.3 is 18.2 Å². The summed E-state index contributed by atoms with van der Waals surface area (Å²) >= 11 is 0. The first-order valence-corrected chi connectivity index (χ1v) is 32.6. The normalized spacial score (nSPS) is 25.2. The van der Waals surface area contributed by atoms with Crippen LogP contribution < -0.4 is 35.9 Å². The fourth-order valence-electron chi connectivity index (χ4n) is 12.2. The third-order valence-corrected chi connectivity index (χ3v) is 17.4. The molecule has 0 radical (unpaired) electrons. The largest absolute Gasteiger partial charge is 0.489 e. The Kier molecular flexibility index (Phi) is 23.2. The van der Waals surface area contributed by atoms with E-state index in [1.165, 1.54) is 10.5 Å². The van der Waals surface area contributed by atoms with Crippen LogP contribution in [-0.4, -0.2) is 147 Å². The van der Waals surface area contributed by atoms with Crippen molar-refractivity contribution in [3.63, 3.8) is 0 Å². The van der Waals surface area contributed by atoms with E-state index in [1.54, 1.807) is 44.3 Å². The second-order valence-electron chi connectivity index (χ2n) is 27.3. The Labute approximate surface area is 547 Å². The number of aromatic nitrogens is 3. The quantitative estimate of drug-likeness (QED) is 0.0679. The van der Waals surface area contributed by atoms with Gasteiger partial charge in [0.2, 0.25) is 11.8 Å². The number of hydrogen-bond acceptors (Lipinski definition) is 15. The summed E-state index contributed by atoms with van der Waals surface area (Å²) in [5.74, 6) is 0.734. The van der Waals surface area contributed by atoms with Crippen LogP contribution >= 0.6 is 0 Å². The highest BCUT2D eigenvalue weighted by Crippen LogP contribution is 2.37. The van der Waals surface area contributed by atoms with E-state index < -0.39 is 29.2 Å². The number of pyridine rings is 3. The lowest BCUT2D eigenvalue weighted by molar-refractivity contribution is -0.141. The number of nitrogens with two attached hydrogens (primary N) is 1. The maximum absolute atomic E-state index is 13.2. The predicted octanol–water partition coefficient (Wildman–Crippen LogP) is 10.5. The van der Waals surface area contributed by atoms with Crippen molar-refractivity contribution in [2.24, 2.45) is 23.5 Å². The third-order valence-electron chi connectivity index (χ3n) is 17.4. The van der Waals surface area contributed by atoms with Crippen molar-refractivity contribution in [2.75, 3.05) is 39.3 Å². The number of carbonyl (C=O) groups is 5. The second kappa shape index (κ2) is 31.3. The van der Waals surface area contributed by atoms with Crippen LogP contribution in [0.15, 0.2) is 146 Å². The molecule has 93 heavy (non-hydrogen) atoms. The number of carbonyl (C=O) groups excluding carboxylic acids is 4. The fourth-order valence-corrected chi connectivity index (χ4v) is 12.2. The molecule has 12 rings (SSSR count). The van der Waals surface area contributed by atoms with Gasteiger partial charge in [0.1, 0.15) is 46.8 Å². The number of nitrogens with one attached hydrogen (secondary N) is 3. The number of aryl methyl sites for hydroxylation is 3. The zero-order valence-electron chi connectivity index (χ0n) is 55.1. The Morgan fingerprint density at radius 3 is 1.18 bits per heavy atom. The Balaban J connectivity index is 0.000000153.